The lowest BCUT2D eigenvalue weighted by Crippen LogP contribution is -2.47. The van der Waals surface area contributed by atoms with Crippen LogP contribution >= 0.6 is 11.6 Å². The molecular formula is C29H33ClN2O4S. The molecule has 0 aliphatic carbocycles. The van der Waals surface area contributed by atoms with Crippen molar-refractivity contribution in [2.24, 2.45) is 0 Å². The Morgan fingerprint density at radius 2 is 1.73 bits per heavy atom. The van der Waals surface area contributed by atoms with Gasteiger partial charge >= 0.3 is 0 Å². The molecule has 1 aliphatic heterocycles. The third-order valence-corrected chi connectivity index (χ3v) is 9.15. The molecule has 6 nitrogen and oxygen atoms in total. The topological polar surface area (TPSA) is 75.7 Å². The second kappa shape index (κ2) is 10.8. The van der Waals surface area contributed by atoms with E-state index in [2.05, 4.69) is 19.2 Å². The van der Waals surface area contributed by atoms with E-state index in [1.807, 2.05) is 31.2 Å². The number of nitrogens with zero attached hydrogens (tertiary/aromatic N) is 1. The molecule has 0 radical (unpaired) electrons. The highest BCUT2D eigenvalue weighted by atomic mass is 35.5. The van der Waals surface area contributed by atoms with Gasteiger partial charge in [0, 0.05) is 17.0 Å². The first kappa shape index (κ1) is 27.0. The number of anilines is 1. The normalized spacial score (nSPS) is 16.4. The number of carbonyl (C=O) groups is 1. The summed E-state index contributed by atoms with van der Waals surface area (Å²) >= 11 is 6.15. The van der Waals surface area contributed by atoms with Gasteiger partial charge in [0.25, 0.3) is 10.0 Å². The number of halogens is 1. The lowest BCUT2D eigenvalue weighted by molar-refractivity contribution is -0.121. The zero-order valence-electron chi connectivity index (χ0n) is 21.6. The molecule has 1 atom stereocenters. The van der Waals surface area contributed by atoms with Gasteiger partial charge in [-0.05, 0) is 68.7 Å². The first-order chi connectivity index (χ1) is 17.6. The van der Waals surface area contributed by atoms with Gasteiger partial charge in [-0.3, -0.25) is 9.10 Å². The van der Waals surface area contributed by atoms with Gasteiger partial charge in [-0.2, -0.15) is 0 Å². The molecule has 3 aromatic carbocycles. The van der Waals surface area contributed by atoms with Gasteiger partial charge in [-0.1, -0.05) is 61.3 Å². The Hall–Kier alpha value is -3.03. The number of ether oxygens (including phenoxy) is 1. The number of sulfonamides is 1. The molecule has 1 amide bonds. The molecule has 0 saturated carbocycles. The van der Waals surface area contributed by atoms with Crippen LogP contribution < -0.4 is 14.4 Å². The van der Waals surface area contributed by atoms with Gasteiger partial charge < -0.3 is 10.1 Å². The Balaban J connectivity index is 1.68. The van der Waals surface area contributed by atoms with Gasteiger partial charge in [-0.15, -0.1) is 0 Å². The summed E-state index contributed by atoms with van der Waals surface area (Å²) in [6.07, 6.45) is 2.19. The van der Waals surface area contributed by atoms with E-state index in [0.29, 0.717) is 22.7 Å². The number of hydrogen-bond donors (Lipinski definition) is 1. The van der Waals surface area contributed by atoms with Gasteiger partial charge in [0.05, 0.1) is 16.6 Å². The molecule has 0 bridgehead atoms. The van der Waals surface area contributed by atoms with Crippen molar-refractivity contribution in [2.75, 3.05) is 10.8 Å². The van der Waals surface area contributed by atoms with Crippen LogP contribution in [0.4, 0.5) is 5.69 Å². The number of para-hydroxylation sites is 1. The molecule has 0 saturated heterocycles. The highest BCUT2D eigenvalue weighted by Crippen LogP contribution is 2.42. The molecule has 1 aliphatic rings. The molecule has 196 valence electrons. The number of aryl methyl sites for hydroxylation is 2. The molecule has 1 N–H and O–H groups in total. The van der Waals surface area contributed by atoms with Crippen molar-refractivity contribution in [3.63, 3.8) is 0 Å². The smallest absolute Gasteiger partial charge is 0.264 e. The van der Waals surface area contributed by atoms with Crippen LogP contribution in [0.25, 0.3) is 0 Å². The minimum atomic E-state index is -4.03. The fourth-order valence-electron chi connectivity index (χ4n) is 4.84. The zero-order valence-corrected chi connectivity index (χ0v) is 23.2. The first-order valence-electron chi connectivity index (χ1n) is 12.5. The van der Waals surface area contributed by atoms with Crippen LogP contribution in [-0.4, -0.2) is 26.5 Å². The Kier molecular flexibility index (Phi) is 7.85. The summed E-state index contributed by atoms with van der Waals surface area (Å²) < 4.78 is 35.1. The molecule has 1 heterocycles. The number of benzene rings is 3. The lowest BCUT2D eigenvalue weighted by Gasteiger charge is -2.41. The number of carbonyl (C=O) groups excluding carboxylic acids is 1. The van der Waals surface area contributed by atoms with Crippen LogP contribution in [0, 0.1) is 13.8 Å². The Morgan fingerprint density at radius 3 is 2.38 bits per heavy atom. The maximum atomic E-state index is 13.8. The van der Waals surface area contributed by atoms with Crippen LogP contribution in [-0.2, 0) is 14.8 Å². The van der Waals surface area contributed by atoms with E-state index in [1.54, 1.807) is 49.4 Å². The standard InChI is InChI=1S/C29H33ClN2O4S/c1-5-29(6-2)18-25(24-9-7-8-10-27(24)36-29)31-28(33)19-32(26-16-13-22(30)17-21(26)4)37(34,35)23-14-11-20(3)12-15-23/h7-17,25H,5-6,18-19H2,1-4H3,(H,31,33)/t25-/m0/s1. The predicted molar refractivity (Wildman–Crippen MR) is 148 cm³/mol. The quantitative estimate of drug-likeness (QED) is 0.361. The van der Waals surface area contributed by atoms with Gasteiger partial charge in [0.15, 0.2) is 0 Å². The SMILES string of the molecule is CCC1(CC)C[C@H](NC(=O)CN(c2ccc(Cl)cc2C)S(=O)(=O)c2ccc(C)cc2)c2ccccc2O1. The van der Waals surface area contributed by atoms with Crippen LogP contribution in [0.2, 0.25) is 5.02 Å². The summed E-state index contributed by atoms with van der Waals surface area (Å²) in [6.45, 7) is 7.46. The van der Waals surface area contributed by atoms with Crippen molar-refractivity contribution in [3.05, 3.63) is 88.4 Å². The van der Waals surface area contributed by atoms with E-state index < -0.39 is 21.5 Å². The van der Waals surface area contributed by atoms with E-state index in [-0.39, 0.29) is 17.5 Å². The third kappa shape index (κ3) is 5.63. The predicted octanol–water partition coefficient (Wildman–Crippen LogP) is 6.35. The summed E-state index contributed by atoms with van der Waals surface area (Å²) in [5.74, 6) is 0.355. The first-order valence-corrected chi connectivity index (χ1v) is 14.3. The van der Waals surface area contributed by atoms with Crippen molar-refractivity contribution in [3.8, 4) is 5.75 Å². The number of hydrogen-bond acceptors (Lipinski definition) is 4. The van der Waals surface area contributed by atoms with E-state index in [1.165, 1.54) is 0 Å². The largest absolute Gasteiger partial charge is 0.487 e. The summed E-state index contributed by atoms with van der Waals surface area (Å²) in [7, 11) is -4.03. The fraction of sp³-hybridized carbons (Fsp3) is 0.345. The van der Waals surface area contributed by atoms with E-state index in [0.717, 1.165) is 34.0 Å². The lowest BCUT2D eigenvalue weighted by atomic mass is 9.83. The Bertz CT molecular complexity index is 1390. The Morgan fingerprint density at radius 1 is 1.05 bits per heavy atom. The maximum absolute atomic E-state index is 13.8. The van der Waals surface area contributed by atoms with Crippen LogP contribution in [0.1, 0.15) is 55.8 Å². The molecule has 37 heavy (non-hydrogen) atoms. The molecule has 0 spiro atoms. The van der Waals surface area contributed by atoms with Crippen LogP contribution in [0.15, 0.2) is 71.6 Å². The number of amides is 1. The molecule has 0 fully saturated rings. The molecular weight excluding hydrogens is 508 g/mol. The molecule has 4 rings (SSSR count). The minimum Gasteiger partial charge on any atom is -0.487 e. The number of rotatable bonds is 8. The maximum Gasteiger partial charge on any atom is 0.264 e. The highest BCUT2D eigenvalue weighted by molar-refractivity contribution is 7.92. The van der Waals surface area contributed by atoms with Crippen LogP contribution in [0.5, 0.6) is 5.75 Å². The second-order valence-electron chi connectivity index (χ2n) is 9.61. The van der Waals surface area contributed by atoms with E-state index in [9.17, 15) is 13.2 Å². The second-order valence-corrected chi connectivity index (χ2v) is 11.9. The number of fused-ring (bicyclic) bond motifs is 1. The van der Waals surface area contributed by atoms with Crippen molar-refractivity contribution in [1.29, 1.82) is 0 Å². The van der Waals surface area contributed by atoms with Crippen molar-refractivity contribution in [1.82, 2.24) is 5.32 Å². The fourth-order valence-corrected chi connectivity index (χ4v) is 6.55. The zero-order chi connectivity index (χ0) is 26.8. The molecule has 8 heteroatoms. The molecule has 3 aromatic rings. The van der Waals surface area contributed by atoms with E-state index >= 15 is 0 Å². The minimum absolute atomic E-state index is 0.118. The summed E-state index contributed by atoms with van der Waals surface area (Å²) in [5, 5.41) is 3.60. The summed E-state index contributed by atoms with van der Waals surface area (Å²) in [5.41, 5.74) is 2.50. The van der Waals surface area contributed by atoms with Crippen molar-refractivity contribution in [2.45, 2.75) is 63.5 Å². The number of nitrogens with one attached hydrogen (secondary N) is 1. The molecule has 0 unspecified atom stereocenters. The van der Waals surface area contributed by atoms with Gasteiger partial charge in [0.2, 0.25) is 5.91 Å². The monoisotopic (exact) mass is 540 g/mol. The average Bonchev–Trinajstić information content (AvgIpc) is 2.87. The van der Waals surface area contributed by atoms with Crippen molar-refractivity contribution < 1.29 is 17.9 Å². The Labute approximate surface area is 224 Å². The van der Waals surface area contributed by atoms with Crippen LogP contribution in [0.3, 0.4) is 0 Å². The van der Waals surface area contributed by atoms with Gasteiger partial charge in [0.1, 0.15) is 17.9 Å². The van der Waals surface area contributed by atoms with E-state index in [4.69, 9.17) is 16.3 Å². The average molecular weight is 541 g/mol. The van der Waals surface area contributed by atoms with Gasteiger partial charge in [-0.25, -0.2) is 8.42 Å². The summed E-state index contributed by atoms with van der Waals surface area (Å²) in [4.78, 5) is 13.6. The van der Waals surface area contributed by atoms with Crippen molar-refractivity contribution >= 4 is 33.2 Å². The highest BCUT2D eigenvalue weighted by Gasteiger charge is 2.39. The molecule has 0 aromatic heterocycles. The third-order valence-electron chi connectivity index (χ3n) is 7.14. The summed E-state index contributed by atoms with van der Waals surface area (Å²) in [6, 6.07) is 19.0.